The van der Waals surface area contributed by atoms with Crippen LogP contribution in [-0.2, 0) is 17.9 Å². The number of carbonyl (C=O) groups is 1. The van der Waals surface area contributed by atoms with Gasteiger partial charge in [0.05, 0.1) is 0 Å². The van der Waals surface area contributed by atoms with Gasteiger partial charge < -0.3 is 15.8 Å². The maximum atomic E-state index is 11.5. The molecule has 0 bridgehead atoms. The summed E-state index contributed by atoms with van der Waals surface area (Å²) < 4.78 is 5.69. The molecule has 0 aromatic heterocycles. The first-order valence-corrected chi connectivity index (χ1v) is 7.50. The van der Waals surface area contributed by atoms with Crippen molar-refractivity contribution in [1.82, 2.24) is 5.32 Å². The van der Waals surface area contributed by atoms with E-state index in [-0.39, 0.29) is 18.3 Å². The minimum atomic E-state index is 0. The summed E-state index contributed by atoms with van der Waals surface area (Å²) in [5.74, 6) is 0.903. The summed E-state index contributed by atoms with van der Waals surface area (Å²) in [5.41, 5.74) is 7.55. The average molecular weight is 335 g/mol. The maximum absolute atomic E-state index is 11.5. The molecule has 124 valence electrons. The largest absolute Gasteiger partial charge is 0.489 e. The molecule has 2 rings (SSSR count). The molecular formula is C18H23ClN2O2. The Morgan fingerprint density at radius 3 is 2.30 bits per heavy atom. The zero-order valence-electron chi connectivity index (χ0n) is 13.0. The van der Waals surface area contributed by atoms with Crippen LogP contribution in [0.1, 0.15) is 24.0 Å². The quantitative estimate of drug-likeness (QED) is 0.780. The Kier molecular flexibility index (Phi) is 8.80. The fourth-order valence-corrected chi connectivity index (χ4v) is 1.99. The van der Waals surface area contributed by atoms with Crippen molar-refractivity contribution >= 4 is 18.3 Å². The van der Waals surface area contributed by atoms with Gasteiger partial charge in [0.2, 0.25) is 5.91 Å². The standard InChI is InChI=1S/C18H22N2O2.ClH/c19-12-4-7-18(21)20-13-15-8-10-16(11-9-15)14-22-17-5-2-1-3-6-17;/h1-3,5-6,8-11H,4,7,12-14,19H2,(H,20,21);1H. The minimum absolute atomic E-state index is 0. The van der Waals surface area contributed by atoms with Crippen molar-refractivity contribution in [2.24, 2.45) is 5.73 Å². The molecule has 3 N–H and O–H groups in total. The van der Waals surface area contributed by atoms with E-state index in [4.69, 9.17) is 10.5 Å². The van der Waals surface area contributed by atoms with E-state index in [9.17, 15) is 4.79 Å². The lowest BCUT2D eigenvalue weighted by Gasteiger charge is -2.08. The van der Waals surface area contributed by atoms with Crippen molar-refractivity contribution in [2.75, 3.05) is 6.54 Å². The topological polar surface area (TPSA) is 64.4 Å². The summed E-state index contributed by atoms with van der Waals surface area (Å²) in [6.45, 7) is 1.62. The predicted molar refractivity (Wildman–Crippen MR) is 94.6 cm³/mol. The number of rotatable bonds is 8. The number of ether oxygens (including phenoxy) is 1. The number of nitrogens with two attached hydrogens (primary N) is 1. The van der Waals surface area contributed by atoms with Crippen molar-refractivity contribution in [2.45, 2.75) is 26.0 Å². The zero-order valence-corrected chi connectivity index (χ0v) is 13.9. The fourth-order valence-electron chi connectivity index (χ4n) is 1.99. The SMILES string of the molecule is Cl.NCCCC(=O)NCc1ccc(COc2ccccc2)cc1. The second-order valence-electron chi connectivity index (χ2n) is 5.09. The lowest BCUT2D eigenvalue weighted by Crippen LogP contribution is -2.23. The number of halogens is 1. The molecule has 0 spiro atoms. The van der Waals surface area contributed by atoms with Crippen LogP contribution in [0.15, 0.2) is 54.6 Å². The predicted octanol–water partition coefficient (Wildman–Crippen LogP) is 3.04. The molecule has 0 radical (unpaired) electrons. The Morgan fingerprint density at radius 1 is 1.00 bits per heavy atom. The molecule has 2 aromatic carbocycles. The van der Waals surface area contributed by atoms with Gasteiger partial charge in [0.1, 0.15) is 12.4 Å². The van der Waals surface area contributed by atoms with Crippen molar-refractivity contribution in [3.8, 4) is 5.75 Å². The summed E-state index contributed by atoms with van der Waals surface area (Å²) in [7, 11) is 0. The molecule has 0 aliphatic heterocycles. The van der Waals surface area contributed by atoms with Crippen LogP contribution in [0.4, 0.5) is 0 Å². The Hall–Kier alpha value is -2.04. The van der Waals surface area contributed by atoms with E-state index < -0.39 is 0 Å². The molecule has 0 aliphatic carbocycles. The highest BCUT2D eigenvalue weighted by atomic mass is 35.5. The number of carbonyl (C=O) groups excluding carboxylic acids is 1. The van der Waals surface area contributed by atoms with E-state index >= 15 is 0 Å². The molecule has 0 atom stereocenters. The van der Waals surface area contributed by atoms with Gasteiger partial charge in [-0.3, -0.25) is 4.79 Å². The Morgan fingerprint density at radius 2 is 1.65 bits per heavy atom. The minimum Gasteiger partial charge on any atom is -0.489 e. The molecule has 0 fully saturated rings. The lowest BCUT2D eigenvalue weighted by molar-refractivity contribution is -0.121. The van der Waals surface area contributed by atoms with Crippen LogP contribution in [0.2, 0.25) is 0 Å². The van der Waals surface area contributed by atoms with Gasteiger partial charge >= 0.3 is 0 Å². The number of benzene rings is 2. The summed E-state index contributed by atoms with van der Waals surface area (Å²) >= 11 is 0. The van der Waals surface area contributed by atoms with Crippen molar-refractivity contribution in [1.29, 1.82) is 0 Å². The highest BCUT2D eigenvalue weighted by Gasteiger charge is 2.01. The molecular weight excluding hydrogens is 312 g/mol. The fraction of sp³-hybridized carbons (Fsp3) is 0.278. The summed E-state index contributed by atoms with van der Waals surface area (Å²) in [6, 6.07) is 17.8. The third-order valence-corrected chi connectivity index (χ3v) is 3.27. The smallest absolute Gasteiger partial charge is 0.220 e. The lowest BCUT2D eigenvalue weighted by atomic mass is 10.1. The van der Waals surface area contributed by atoms with Crippen LogP contribution in [-0.4, -0.2) is 12.5 Å². The van der Waals surface area contributed by atoms with Gasteiger partial charge in [0.15, 0.2) is 0 Å². The van der Waals surface area contributed by atoms with Gasteiger partial charge in [-0.25, -0.2) is 0 Å². The second kappa shape index (κ2) is 10.6. The first kappa shape index (κ1) is 19.0. The average Bonchev–Trinajstić information content (AvgIpc) is 2.58. The Bertz CT molecular complexity index is 573. The van der Waals surface area contributed by atoms with E-state index in [1.165, 1.54) is 0 Å². The third kappa shape index (κ3) is 7.17. The molecule has 0 saturated carbocycles. The summed E-state index contributed by atoms with van der Waals surface area (Å²) in [5, 5.41) is 2.89. The van der Waals surface area contributed by atoms with Gasteiger partial charge in [-0.1, -0.05) is 42.5 Å². The van der Waals surface area contributed by atoms with Crippen LogP contribution < -0.4 is 15.8 Å². The number of nitrogens with one attached hydrogen (secondary N) is 1. The molecule has 23 heavy (non-hydrogen) atoms. The maximum Gasteiger partial charge on any atom is 0.220 e. The molecule has 1 amide bonds. The third-order valence-electron chi connectivity index (χ3n) is 3.27. The molecule has 0 saturated heterocycles. The Balaban J connectivity index is 0.00000264. The summed E-state index contributed by atoms with van der Waals surface area (Å²) in [4.78, 5) is 11.5. The monoisotopic (exact) mass is 334 g/mol. The highest BCUT2D eigenvalue weighted by Crippen LogP contribution is 2.12. The van der Waals surface area contributed by atoms with Crippen molar-refractivity contribution < 1.29 is 9.53 Å². The molecule has 2 aromatic rings. The number of hydrogen-bond donors (Lipinski definition) is 2. The van der Waals surface area contributed by atoms with Crippen LogP contribution in [0.25, 0.3) is 0 Å². The van der Waals surface area contributed by atoms with Gasteiger partial charge in [0, 0.05) is 13.0 Å². The molecule has 0 unspecified atom stereocenters. The number of amides is 1. The normalized spacial score (nSPS) is 9.78. The number of hydrogen-bond acceptors (Lipinski definition) is 3. The van der Waals surface area contributed by atoms with Crippen LogP contribution in [0, 0.1) is 0 Å². The van der Waals surface area contributed by atoms with Crippen LogP contribution >= 0.6 is 12.4 Å². The van der Waals surface area contributed by atoms with Gasteiger partial charge in [-0.05, 0) is 36.2 Å². The molecule has 0 heterocycles. The van der Waals surface area contributed by atoms with E-state index in [0.29, 0.717) is 26.1 Å². The van der Waals surface area contributed by atoms with Gasteiger partial charge in [-0.2, -0.15) is 0 Å². The van der Waals surface area contributed by atoms with Crippen LogP contribution in [0.3, 0.4) is 0 Å². The Labute approximate surface area is 143 Å². The molecule has 0 aliphatic rings. The van der Waals surface area contributed by atoms with E-state index in [1.54, 1.807) is 0 Å². The first-order valence-electron chi connectivity index (χ1n) is 7.50. The molecule has 5 heteroatoms. The van der Waals surface area contributed by atoms with Gasteiger partial charge in [0.25, 0.3) is 0 Å². The second-order valence-corrected chi connectivity index (χ2v) is 5.09. The van der Waals surface area contributed by atoms with Crippen molar-refractivity contribution in [3.63, 3.8) is 0 Å². The van der Waals surface area contributed by atoms with E-state index in [2.05, 4.69) is 5.32 Å². The van der Waals surface area contributed by atoms with Gasteiger partial charge in [-0.15, -0.1) is 12.4 Å². The van der Waals surface area contributed by atoms with Crippen LogP contribution in [0.5, 0.6) is 5.75 Å². The number of para-hydroxylation sites is 1. The van der Waals surface area contributed by atoms with E-state index in [0.717, 1.165) is 23.3 Å². The highest BCUT2D eigenvalue weighted by molar-refractivity contribution is 5.85. The zero-order chi connectivity index (χ0) is 15.6. The molecule has 4 nitrogen and oxygen atoms in total. The first-order chi connectivity index (χ1) is 10.8. The van der Waals surface area contributed by atoms with Crippen molar-refractivity contribution in [3.05, 3.63) is 65.7 Å². The van der Waals surface area contributed by atoms with E-state index in [1.807, 2.05) is 54.6 Å². The summed E-state index contributed by atoms with van der Waals surface area (Å²) in [6.07, 6.45) is 1.21.